The molecular formula is C15H16FNO3S. The second-order valence-corrected chi connectivity index (χ2v) is 8.52. The van der Waals surface area contributed by atoms with E-state index in [1.54, 1.807) is 0 Å². The van der Waals surface area contributed by atoms with Crippen molar-refractivity contribution in [3.05, 3.63) is 35.1 Å². The van der Waals surface area contributed by atoms with Gasteiger partial charge in [0, 0.05) is 5.56 Å². The predicted octanol–water partition coefficient (Wildman–Crippen LogP) is 2.01. The summed E-state index contributed by atoms with van der Waals surface area (Å²) in [5.41, 5.74) is -1.17. The molecule has 0 saturated carbocycles. The number of benzene rings is 1. The van der Waals surface area contributed by atoms with E-state index in [9.17, 15) is 17.9 Å². The lowest BCUT2D eigenvalue weighted by Gasteiger charge is -2.44. The molecule has 112 valence electrons. The van der Waals surface area contributed by atoms with E-state index in [1.165, 1.54) is 12.1 Å². The van der Waals surface area contributed by atoms with Gasteiger partial charge in [0.25, 0.3) is 0 Å². The molecule has 0 amide bonds. The van der Waals surface area contributed by atoms with Crippen molar-refractivity contribution in [3.63, 3.8) is 0 Å². The molecule has 0 aromatic heterocycles. The van der Waals surface area contributed by atoms with Crippen LogP contribution in [0.25, 0.3) is 0 Å². The lowest BCUT2D eigenvalue weighted by atomic mass is 9.80. The Hall–Kier alpha value is -1.45. The molecule has 2 saturated heterocycles. The van der Waals surface area contributed by atoms with Gasteiger partial charge in [-0.1, -0.05) is 12.5 Å². The van der Waals surface area contributed by atoms with Crippen LogP contribution < -0.4 is 0 Å². The van der Waals surface area contributed by atoms with E-state index >= 15 is 0 Å². The molecule has 2 fully saturated rings. The minimum absolute atomic E-state index is 0.0364. The van der Waals surface area contributed by atoms with Crippen LogP contribution in [0.1, 0.15) is 43.2 Å². The van der Waals surface area contributed by atoms with Gasteiger partial charge < -0.3 is 5.11 Å². The molecule has 1 aromatic rings. The van der Waals surface area contributed by atoms with E-state index in [1.807, 2.05) is 6.07 Å². The SMILES string of the molecule is N#Cc1ccc(C2(O)CC3CCCC(C2)S3(=O)=O)c(F)c1. The van der Waals surface area contributed by atoms with E-state index in [0.29, 0.717) is 12.8 Å². The molecule has 1 N–H and O–H groups in total. The predicted molar refractivity (Wildman–Crippen MR) is 74.6 cm³/mol. The molecule has 21 heavy (non-hydrogen) atoms. The number of hydrogen-bond acceptors (Lipinski definition) is 4. The van der Waals surface area contributed by atoms with Crippen molar-refractivity contribution in [1.82, 2.24) is 0 Å². The van der Waals surface area contributed by atoms with Gasteiger partial charge in [0.1, 0.15) is 5.82 Å². The second-order valence-electron chi connectivity index (χ2n) is 6.01. The quantitative estimate of drug-likeness (QED) is 0.861. The summed E-state index contributed by atoms with van der Waals surface area (Å²) in [5, 5.41) is 18.4. The van der Waals surface area contributed by atoms with E-state index < -0.39 is 31.8 Å². The van der Waals surface area contributed by atoms with Crippen molar-refractivity contribution < 1.29 is 17.9 Å². The average molecular weight is 309 g/mol. The number of halogens is 1. The molecule has 2 aliphatic heterocycles. The summed E-state index contributed by atoms with van der Waals surface area (Å²) in [4.78, 5) is 0. The fourth-order valence-electron chi connectivity index (χ4n) is 3.63. The maximum atomic E-state index is 14.2. The summed E-state index contributed by atoms with van der Waals surface area (Å²) in [6, 6.07) is 5.79. The lowest BCUT2D eigenvalue weighted by molar-refractivity contribution is 0.00186. The van der Waals surface area contributed by atoms with Gasteiger partial charge in [-0.05, 0) is 37.8 Å². The van der Waals surface area contributed by atoms with E-state index in [2.05, 4.69) is 0 Å². The highest BCUT2D eigenvalue weighted by molar-refractivity contribution is 7.92. The summed E-state index contributed by atoms with van der Waals surface area (Å²) in [7, 11) is -3.21. The zero-order chi connectivity index (χ0) is 15.3. The first-order valence-corrected chi connectivity index (χ1v) is 8.63. The maximum absolute atomic E-state index is 14.2. The van der Waals surface area contributed by atoms with Gasteiger partial charge in [-0.3, -0.25) is 0 Å². The van der Waals surface area contributed by atoms with Crippen LogP contribution in [0.15, 0.2) is 18.2 Å². The average Bonchev–Trinajstić information content (AvgIpc) is 2.40. The number of fused-ring (bicyclic) bond motifs is 2. The van der Waals surface area contributed by atoms with Crippen LogP contribution in [-0.4, -0.2) is 24.0 Å². The fourth-order valence-corrected chi connectivity index (χ4v) is 6.18. The zero-order valence-corrected chi connectivity index (χ0v) is 12.2. The molecule has 1 aromatic carbocycles. The van der Waals surface area contributed by atoms with Crippen molar-refractivity contribution >= 4 is 9.84 Å². The fraction of sp³-hybridized carbons (Fsp3) is 0.533. The summed E-state index contributed by atoms with van der Waals surface area (Å²) in [6.45, 7) is 0. The molecular weight excluding hydrogens is 293 g/mol. The molecule has 0 aliphatic carbocycles. The third kappa shape index (κ3) is 2.25. The number of rotatable bonds is 1. The summed E-state index contributed by atoms with van der Waals surface area (Å²) < 4.78 is 38.7. The van der Waals surface area contributed by atoms with E-state index in [0.717, 1.165) is 12.5 Å². The smallest absolute Gasteiger partial charge is 0.156 e. The molecule has 3 rings (SSSR count). The molecule has 2 atom stereocenters. The highest BCUT2D eigenvalue weighted by atomic mass is 32.2. The van der Waals surface area contributed by atoms with Gasteiger partial charge in [-0.25, -0.2) is 12.8 Å². The minimum Gasteiger partial charge on any atom is -0.385 e. The molecule has 4 nitrogen and oxygen atoms in total. The molecule has 2 heterocycles. The van der Waals surface area contributed by atoms with Crippen LogP contribution >= 0.6 is 0 Å². The number of sulfone groups is 1. The van der Waals surface area contributed by atoms with Gasteiger partial charge in [0.15, 0.2) is 9.84 Å². The first-order valence-electron chi connectivity index (χ1n) is 7.02. The highest BCUT2D eigenvalue weighted by Gasteiger charge is 2.51. The van der Waals surface area contributed by atoms with Crippen molar-refractivity contribution in [1.29, 1.82) is 5.26 Å². The Kier molecular flexibility index (Phi) is 3.30. The maximum Gasteiger partial charge on any atom is 0.156 e. The third-order valence-electron chi connectivity index (χ3n) is 4.71. The Morgan fingerprint density at radius 3 is 2.43 bits per heavy atom. The highest BCUT2D eigenvalue weighted by Crippen LogP contribution is 2.46. The Balaban J connectivity index is 2.02. The summed E-state index contributed by atoms with van der Waals surface area (Å²) in [5.74, 6) is -0.645. The topological polar surface area (TPSA) is 78.2 Å². The van der Waals surface area contributed by atoms with Crippen molar-refractivity contribution in [2.75, 3.05) is 0 Å². The van der Waals surface area contributed by atoms with Gasteiger partial charge in [-0.15, -0.1) is 0 Å². The molecule has 2 unspecified atom stereocenters. The van der Waals surface area contributed by atoms with Crippen molar-refractivity contribution in [2.24, 2.45) is 0 Å². The number of aliphatic hydroxyl groups is 1. The normalized spacial score (nSPS) is 34.1. The van der Waals surface area contributed by atoms with Crippen molar-refractivity contribution in [2.45, 2.75) is 48.2 Å². The molecule has 0 spiro atoms. The monoisotopic (exact) mass is 309 g/mol. The van der Waals surface area contributed by atoms with Crippen LogP contribution in [0, 0.1) is 17.1 Å². The summed E-state index contributed by atoms with van der Waals surface area (Å²) >= 11 is 0. The second kappa shape index (κ2) is 4.79. The van der Waals surface area contributed by atoms with Gasteiger partial charge in [0.05, 0.1) is 27.7 Å². The van der Waals surface area contributed by atoms with Crippen LogP contribution in [0.2, 0.25) is 0 Å². The summed E-state index contributed by atoms with van der Waals surface area (Å²) in [6.07, 6.45) is 1.96. The Bertz CT molecular complexity index is 703. The first kappa shape index (κ1) is 14.5. The third-order valence-corrected chi connectivity index (χ3v) is 7.37. The Labute approximate surface area is 123 Å². The van der Waals surface area contributed by atoms with Crippen molar-refractivity contribution in [3.8, 4) is 6.07 Å². The number of nitriles is 1. The van der Waals surface area contributed by atoms with Crippen LogP contribution in [-0.2, 0) is 15.4 Å². The Morgan fingerprint density at radius 2 is 1.90 bits per heavy atom. The van der Waals surface area contributed by atoms with Gasteiger partial charge in [0.2, 0.25) is 0 Å². The Morgan fingerprint density at radius 1 is 1.29 bits per heavy atom. The molecule has 2 aliphatic rings. The van der Waals surface area contributed by atoms with E-state index in [-0.39, 0.29) is 24.0 Å². The van der Waals surface area contributed by atoms with Gasteiger partial charge >= 0.3 is 0 Å². The first-order chi connectivity index (χ1) is 9.87. The van der Waals surface area contributed by atoms with Gasteiger partial charge in [-0.2, -0.15) is 5.26 Å². The van der Waals surface area contributed by atoms with Crippen LogP contribution in [0.3, 0.4) is 0 Å². The zero-order valence-electron chi connectivity index (χ0n) is 11.4. The van der Waals surface area contributed by atoms with Crippen LogP contribution in [0.4, 0.5) is 4.39 Å². The molecule has 0 radical (unpaired) electrons. The van der Waals surface area contributed by atoms with Crippen LogP contribution in [0.5, 0.6) is 0 Å². The molecule has 2 bridgehead atoms. The molecule has 6 heteroatoms. The minimum atomic E-state index is -3.21. The number of hydrogen-bond donors (Lipinski definition) is 1. The standard InChI is InChI=1S/C15H16FNO3S/c16-14-6-10(9-17)4-5-13(14)15(18)7-11-2-1-3-12(8-15)21(11,19)20/h4-6,11-12,18H,1-3,7-8H2. The largest absolute Gasteiger partial charge is 0.385 e. The lowest BCUT2D eigenvalue weighted by Crippen LogP contribution is -2.50. The van der Waals surface area contributed by atoms with E-state index in [4.69, 9.17) is 5.26 Å². The number of nitrogens with zero attached hydrogens (tertiary/aromatic N) is 1.